The summed E-state index contributed by atoms with van der Waals surface area (Å²) in [7, 11) is 3.50. The average molecular weight is 1290 g/mol. The van der Waals surface area contributed by atoms with Crippen molar-refractivity contribution < 1.29 is 57.6 Å². The predicted octanol–water partition coefficient (Wildman–Crippen LogP) is 12.3. The number of aromatic nitrogens is 1. The molecule has 496 valence electrons. The summed E-state index contributed by atoms with van der Waals surface area (Å²) in [5, 5.41) is 12.8. The molecule has 0 radical (unpaired) electrons. The van der Waals surface area contributed by atoms with Crippen molar-refractivity contribution >= 4 is 97.2 Å². The van der Waals surface area contributed by atoms with Crippen molar-refractivity contribution in [2.24, 2.45) is 33.7 Å². The number of nitrogens with zero attached hydrogens (tertiary/aromatic N) is 5. The Bertz CT molecular complexity index is 4770. The lowest BCUT2D eigenvalue weighted by atomic mass is 9.53. The van der Waals surface area contributed by atoms with E-state index in [1.165, 1.54) is 13.8 Å². The van der Waals surface area contributed by atoms with E-state index in [2.05, 4.69) is 4.99 Å². The van der Waals surface area contributed by atoms with Crippen molar-refractivity contribution in [1.82, 2.24) is 4.57 Å². The second-order valence-electron chi connectivity index (χ2n) is 29.5. The molecule has 7 aromatic rings. The van der Waals surface area contributed by atoms with Crippen molar-refractivity contribution in [2.45, 2.75) is 152 Å². The molecule has 17 heteroatoms. The van der Waals surface area contributed by atoms with Gasteiger partial charge < -0.3 is 33.5 Å². The van der Waals surface area contributed by atoms with E-state index in [1.807, 2.05) is 243 Å². The van der Waals surface area contributed by atoms with Gasteiger partial charge in [0.1, 0.15) is 23.7 Å². The number of likely N-dealkylation sites (N-methyl/N-ethyl adjacent to an activating group) is 1. The number of anilines is 3. The zero-order chi connectivity index (χ0) is 69.7. The number of ketones is 1. The Morgan fingerprint density at radius 2 is 0.896 bits per heavy atom. The largest absolute Gasteiger partial charge is 0.494 e. The molecule has 14 rings (SSSR count). The van der Waals surface area contributed by atoms with Gasteiger partial charge in [0.2, 0.25) is 0 Å². The maximum absolute atomic E-state index is 14.5. The highest BCUT2D eigenvalue weighted by Gasteiger charge is 2.72. The van der Waals surface area contributed by atoms with Crippen LogP contribution in [0.3, 0.4) is 0 Å². The van der Waals surface area contributed by atoms with Crippen LogP contribution in [0.1, 0.15) is 144 Å². The summed E-state index contributed by atoms with van der Waals surface area (Å²) in [5.41, 5.74) is 3.11. The second-order valence-corrected chi connectivity index (χ2v) is 29.5. The minimum Gasteiger partial charge on any atom is -0.494 e. The van der Waals surface area contributed by atoms with E-state index in [4.69, 9.17) is 18.9 Å². The Morgan fingerprint density at radius 3 is 1.41 bits per heavy atom. The molecule has 1 aromatic heterocycles. The summed E-state index contributed by atoms with van der Waals surface area (Å²) >= 11 is 0. The van der Waals surface area contributed by atoms with Gasteiger partial charge in [0.15, 0.2) is 11.7 Å². The lowest BCUT2D eigenvalue weighted by Gasteiger charge is -2.66. The number of para-hydroxylation sites is 5. The molecule has 0 spiro atoms. The number of fused-ring (bicyclic) bond motifs is 6. The first-order chi connectivity index (χ1) is 44.9. The van der Waals surface area contributed by atoms with E-state index in [1.54, 1.807) is 33.4 Å². The lowest BCUT2D eigenvalue weighted by molar-refractivity contribution is -0.319. The van der Waals surface area contributed by atoms with Crippen LogP contribution >= 0.6 is 0 Å². The Hall–Kier alpha value is -9.58. The second kappa shape index (κ2) is 22.5. The number of carbonyl (C=O) groups excluding carboxylic acids is 7. The van der Waals surface area contributed by atoms with E-state index >= 15 is 0 Å². The molecule has 6 aliphatic heterocycles. The summed E-state index contributed by atoms with van der Waals surface area (Å²) in [6, 6.07) is 45.2. The molecule has 2 fully saturated rings. The van der Waals surface area contributed by atoms with E-state index < -0.39 is 62.5 Å². The van der Waals surface area contributed by atoms with Crippen LogP contribution in [0.2, 0.25) is 0 Å². The van der Waals surface area contributed by atoms with Crippen LogP contribution in [0.4, 0.5) is 17.1 Å². The third-order valence-electron chi connectivity index (χ3n) is 23.2. The molecule has 0 bridgehead atoms. The molecule has 2 saturated heterocycles. The summed E-state index contributed by atoms with van der Waals surface area (Å²) in [4.78, 5) is 102. The number of hydrogen-bond donors (Lipinski definition) is 1. The molecule has 6 aromatic carbocycles. The Kier molecular flexibility index (Phi) is 15.6. The van der Waals surface area contributed by atoms with Crippen molar-refractivity contribution in [1.29, 1.82) is 0 Å². The monoisotopic (exact) mass is 1290 g/mol. The summed E-state index contributed by atoms with van der Waals surface area (Å²) in [5.74, 6) is -1.85. The van der Waals surface area contributed by atoms with Crippen LogP contribution in [0.5, 0.6) is 5.88 Å². The van der Waals surface area contributed by atoms with E-state index in [-0.39, 0.29) is 47.7 Å². The highest BCUT2D eigenvalue weighted by atomic mass is 16.6. The van der Waals surface area contributed by atoms with Gasteiger partial charge >= 0.3 is 11.9 Å². The van der Waals surface area contributed by atoms with Crippen LogP contribution in [0.25, 0.3) is 38.8 Å². The van der Waals surface area contributed by atoms with Crippen molar-refractivity contribution in [3.05, 3.63) is 190 Å². The summed E-state index contributed by atoms with van der Waals surface area (Å²) in [6.07, 6.45) is -1.27. The first-order valence-corrected chi connectivity index (χ1v) is 32.5. The van der Waals surface area contributed by atoms with Crippen molar-refractivity contribution in [3.8, 4) is 5.88 Å². The number of allylic oxidation sites excluding steroid dienone is 1. The SMILES string of the molecule is CC(=O)OC1(C)C(C)(C)C(N2C(=O)/C(=C3/C(=O)Cc4ccccc43)c3ccccc32)OC(C)(C)C1(C)C.CC(=O)OC1(C)C(C)(C)C(N2C(=O)/C(=C3/C(=O)N(C)c4ccccc43)c3ccccc32)OC(C)(C)C1(C)C.Cn1c(O)c(C2=c3ccccc3=NC2=O)c2ccccc21. The van der Waals surface area contributed by atoms with E-state index in [0.717, 1.165) is 38.5 Å². The fourth-order valence-corrected chi connectivity index (χ4v) is 15.8. The minimum absolute atomic E-state index is 0.0590. The molecule has 4 amide bonds. The number of benzene rings is 6. The maximum atomic E-state index is 14.5. The molecular weight excluding hydrogens is 1210 g/mol. The first kappa shape index (κ1) is 66.4. The highest BCUT2D eigenvalue weighted by molar-refractivity contribution is 6.50. The quantitative estimate of drug-likeness (QED) is 0.126. The van der Waals surface area contributed by atoms with Crippen LogP contribution < -0.4 is 25.3 Å². The van der Waals surface area contributed by atoms with Gasteiger partial charge in [-0.3, -0.25) is 43.4 Å². The molecular formula is C79H83N5O12. The highest BCUT2D eigenvalue weighted by Crippen LogP contribution is 2.64. The number of hydrogen-bond acceptors (Lipinski definition) is 12. The van der Waals surface area contributed by atoms with Gasteiger partial charge in [-0.25, -0.2) is 4.99 Å². The zero-order valence-electron chi connectivity index (χ0n) is 57.9. The Labute approximate surface area is 559 Å². The minimum atomic E-state index is -1.00. The number of aromatic hydroxyl groups is 1. The number of Topliss-reactive ketones (excluding diaryl/α,β-unsaturated/α-hetero) is 1. The van der Waals surface area contributed by atoms with Gasteiger partial charge in [0.25, 0.3) is 23.6 Å². The fraction of sp³-hybridized carbons (Fsp3) is 0.367. The lowest BCUT2D eigenvalue weighted by Crippen LogP contribution is -2.75. The molecule has 7 aliphatic rings. The van der Waals surface area contributed by atoms with Crippen LogP contribution in [0.15, 0.2) is 151 Å². The van der Waals surface area contributed by atoms with Gasteiger partial charge in [0, 0.05) is 78.1 Å². The van der Waals surface area contributed by atoms with E-state index in [0.29, 0.717) is 61.3 Å². The molecule has 17 nitrogen and oxygen atoms in total. The van der Waals surface area contributed by atoms with Gasteiger partial charge in [0.05, 0.1) is 77.8 Å². The van der Waals surface area contributed by atoms with Gasteiger partial charge in [-0.1, -0.05) is 171 Å². The number of esters is 2. The molecule has 7 heterocycles. The summed E-state index contributed by atoms with van der Waals surface area (Å²) in [6.45, 7) is 30.6. The average Bonchev–Trinajstić information content (AvgIpc) is 1.32. The third kappa shape index (κ3) is 9.37. The van der Waals surface area contributed by atoms with Crippen LogP contribution in [0, 0.1) is 21.7 Å². The van der Waals surface area contributed by atoms with Crippen molar-refractivity contribution in [2.75, 3.05) is 21.7 Å². The van der Waals surface area contributed by atoms with Crippen molar-refractivity contribution in [3.63, 3.8) is 0 Å². The Morgan fingerprint density at radius 1 is 0.490 bits per heavy atom. The number of carbonyl (C=O) groups is 7. The first-order valence-electron chi connectivity index (χ1n) is 32.5. The van der Waals surface area contributed by atoms with E-state index in [9.17, 15) is 38.7 Å². The molecule has 1 aliphatic carbocycles. The molecule has 4 atom stereocenters. The Balaban J connectivity index is 0.000000143. The maximum Gasteiger partial charge on any atom is 0.303 e. The fourth-order valence-electron chi connectivity index (χ4n) is 15.8. The summed E-state index contributed by atoms with van der Waals surface area (Å²) < 4.78 is 27.6. The topological polar surface area (TPSA) is 204 Å². The number of ether oxygens (including phenoxy) is 4. The van der Waals surface area contributed by atoms with Crippen LogP contribution in [-0.2, 0) is 66.0 Å². The molecule has 4 unspecified atom stereocenters. The zero-order valence-corrected chi connectivity index (χ0v) is 57.9. The standard InChI is InChI=1S/C31H36N2O5.C31H35NO5.C17H12N2O2/c1-18(34)37-31(8)28(2,3)27(38-30(6,7)29(31,4)5)33-22-17-13-11-15-20(22)24(26(33)36)23-19-14-10-12-16-21(19)32(9)25(23)35;1-18(33)36-31(8)28(2,3)27(37-30(6,7)29(31,4)5)32-22-16-12-11-15-21(22)25(26(32)35)24-20-14-10-9-13-19(20)17-23(24)34;1-19-13-9-5-3-7-11(13)15(17(19)21)14-10-6-2-4-8-12(10)18-16(14)20/h10-17,27H,1-9H3;9-16,27H,17H2,1-8H3;2-9,21H,1H3/b24-23+;25-24+;. The van der Waals surface area contributed by atoms with Gasteiger partial charge in [-0.2, -0.15) is 0 Å². The third-order valence-corrected chi connectivity index (χ3v) is 23.2. The number of rotatable bonds is 5. The van der Waals surface area contributed by atoms with Gasteiger partial charge in [-0.15, -0.1) is 0 Å². The predicted molar refractivity (Wildman–Crippen MR) is 369 cm³/mol. The van der Waals surface area contributed by atoms with Crippen LogP contribution in [-0.4, -0.2) is 92.9 Å². The van der Waals surface area contributed by atoms with Gasteiger partial charge in [-0.05, 0) is 83.0 Å². The molecule has 0 saturated carbocycles. The molecule has 1 N–H and O–H groups in total. The molecule has 96 heavy (non-hydrogen) atoms. The normalized spacial score (nSPS) is 25.6. The smallest absolute Gasteiger partial charge is 0.303 e. The number of aryl methyl sites for hydroxylation is 1. The number of amides is 4.